The molecule has 39 heavy (non-hydrogen) atoms. The van der Waals surface area contributed by atoms with Crippen LogP contribution in [0.2, 0.25) is 10.0 Å². The number of halogens is 2. The Kier molecular flexibility index (Phi) is 7.69. The van der Waals surface area contributed by atoms with Crippen LogP contribution in [0.4, 0.5) is 0 Å². The lowest BCUT2D eigenvalue weighted by Crippen LogP contribution is -2.29. The van der Waals surface area contributed by atoms with Gasteiger partial charge >= 0.3 is 5.97 Å². The molecule has 5 rings (SSSR count). The molecule has 0 fully saturated rings. The maximum absolute atomic E-state index is 13.7. The first kappa shape index (κ1) is 26.9. The molecule has 0 unspecified atom stereocenters. The fourth-order valence-corrected chi connectivity index (χ4v) is 5.44. The van der Waals surface area contributed by atoms with Crippen LogP contribution in [-0.2, 0) is 16.1 Å². The van der Waals surface area contributed by atoms with Crippen LogP contribution in [0.3, 0.4) is 0 Å². The van der Waals surface area contributed by atoms with Gasteiger partial charge in [-0.3, -0.25) is 4.79 Å². The Labute approximate surface area is 237 Å². The molecule has 1 atom stereocenters. The van der Waals surface area contributed by atoms with Crippen molar-refractivity contribution in [1.82, 2.24) is 5.32 Å². The average molecular weight is 564 g/mol. The number of fused-ring (bicyclic) bond motifs is 2. The summed E-state index contributed by atoms with van der Waals surface area (Å²) in [6, 6.07) is 18.2. The number of hydrogen-bond acceptors (Lipinski definition) is 6. The van der Waals surface area contributed by atoms with E-state index in [0.717, 1.165) is 11.1 Å². The number of ketones is 1. The summed E-state index contributed by atoms with van der Waals surface area (Å²) >= 11 is 12.8. The topological polar surface area (TPSA) is 73.9 Å². The molecule has 1 aliphatic carbocycles. The molecular weight excluding hydrogens is 537 g/mol. The van der Waals surface area contributed by atoms with Crippen molar-refractivity contribution < 1.29 is 23.8 Å². The summed E-state index contributed by atoms with van der Waals surface area (Å²) in [5.41, 5.74) is 5.03. The van der Waals surface area contributed by atoms with E-state index in [1.54, 1.807) is 37.3 Å². The molecule has 0 amide bonds. The van der Waals surface area contributed by atoms with Crippen LogP contribution >= 0.6 is 23.2 Å². The Balaban J connectivity index is 1.61. The highest BCUT2D eigenvalue weighted by atomic mass is 35.5. The van der Waals surface area contributed by atoms with E-state index in [2.05, 4.69) is 5.32 Å². The second kappa shape index (κ2) is 11.2. The van der Waals surface area contributed by atoms with Crippen LogP contribution in [0.25, 0.3) is 5.70 Å². The Morgan fingerprint density at radius 1 is 0.949 bits per heavy atom. The molecule has 1 aliphatic heterocycles. The van der Waals surface area contributed by atoms with Gasteiger partial charge in [0, 0.05) is 33.3 Å². The van der Waals surface area contributed by atoms with Crippen LogP contribution in [0.1, 0.15) is 53.7 Å². The van der Waals surface area contributed by atoms with Gasteiger partial charge in [-0.2, -0.15) is 0 Å². The molecular formula is C31H27Cl2NO5. The first-order chi connectivity index (χ1) is 18.8. The van der Waals surface area contributed by atoms with E-state index in [4.69, 9.17) is 37.4 Å². The number of allylic oxidation sites excluding steroid dienone is 2. The van der Waals surface area contributed by atoms with Gasteiger partial charge in [0.15, 0.2) is 17.3 Å². The minimum Gasteiger partial charge on any atom is -0.490 e. The van der Waals surface area contributed by atoms with Gasteiger partial charge in [-0.05, 0) is 56.2 Å². The molecule has 0 bridgehead atoms. The maximum atomic E-state index is 13.7. The SMILES string of the molecule is CCOC(=O)C1=C(C)NC2=C(C(=O)c3ccccc32)[C@@H]1c1cc(Cl)c(OCc2ccc(Cl)cc2)c(OCC)c1. The van der Waals surface area contributed by atoms with Gasteiger partial charge < -0.3 is 19.5 Å². The molecule has 3 aromatic rings. The fourth-order valence-electron chi connectivity index (χ4n) is 5.04. The maximum Gasteiger partial charge on any atom is 0.336 e. The second-order valence-electron chi connectivity index (χ2n) is 9.16. The van der Waals surface area contributed by atoms with Gasteiger partial charge in [0.25, 0.3) is 0 Å². The minimum atomic E-state index is -0.720. The van der Waals surface area contributed by atoms with Crippen LogP contribution in [0.15, 0.2) is 77.5 Å². The van der Waals surface area contributed by atoms with E-state index in [1.807, 2.05) is 44.2 Å². The van der Waals surface area contributed by atoms with Crippen molar-refractivity contribution in [2.75, 3.05) is 13.2 Å². The highest BCUT2D eigenvalue weighted by Gasteiger charge is 2.43. The van der Waals surface area contributed by atoms with Gasteiger partial charge in [0.2, 0.25) is 0 Å². The quantitative estimate of drug-likeness (QED) is 0.294. The number of Topliss-reactive ketones (excluding diaryl/α,β-unsaturated/α-hetero) is 1. The number of nitrogens with one attached hydrogen (secondary N) is 1. The lowest BCUT2D eigenvalue weighted by molar-refractivity contribution is -0.138. The number of dihydropyridines is 1. The number of rotatable bonds is 8. The molecule has 0 radical (unpaired) electrons. The molecule has 0 saturated heterocycles. The zero-order valence-electron chi connectivity index (χ0n) is 21.8. The number of esters is 1. The van der Waals surface area contributed by atoms with E-state index < -0.39 is 11.9 Å². The van der Waals surface area contributed by atoms with Crippen molar-refractivity contribution in [3.8, 4) is 11.5 Å². The van der Waals surface area contributed by atoms with Gasteiger partial charge in [0.1, 0.15) is 6.61 Å². The predicted octanol–water partition coefficient (Wildman–Crippen LogP) is 7.10. The van der Waals surface area contributed by atoms with Gasteiger partial charge in [-0.1, -0.05) is 59.6 Å². The molecule has 1 N–H and O–H groups in total. The van der Waals surface area contributed by atoms with Crippen molar-refractivity contribution in [2.45, 2.75) is 33.3 Å². The van der Waals surface area contributed by atoms with E-state index in [1.165, 1.54) is 0 Å². The third-order valence-electron chi connectivity index (χ3n) is 6.71. The summed E-state index contributed by atoms with van der Waals surface area (Å²) in [4.78, 5) is 27.0. The Bertz CT molecular complexity index is 1520. The first-order valence-electron chi connectivity index (χ1n) is 12.7. The van der Waals surface area contributed by atoms with Crippen molar-refractivity contribution in [2.24, 2.45) is 0 Å². The number of benzene rings is 3. The molecule has 6 nitrogen and oxygen atoms in total. The Morgan fingerprint density at radius 2 is 1.67 bits per heavy atom. The normalized spacial score (nSPS) is 16.0. The van der Waals surface area contributed by atoms with Crippen LogP contribution < -0.4 is 14.8 Å². The third-order valence-corrected chi connectivity index (χ3v) is 7.24. The van der Waals surface area contributed by atoms with Crippen molar-refractivity contribution in [1.29, 1.82) is 0 Å². The lowest BCUT2D eigenvalue weighted by atomic mass is 9.79. The summed E-state index contributed by atoms with van der Waals surface area (Å²) in [7, 11) is 0. The van der Waals surface area contributed by atoms with Crippen LogP contribution in [0.5, 0.6) is 11.5 Å². The van der Waals surface area contributed by atoms with Crippen molar-refractivity contribution in [3.63, 3.8) is 0 Å². The van der Waals surface area contributed by atoms with Crippen LogP contribution in [-0.4, -0.2) is 25.0 Å². The largest absolute Gasteiger partial charge is 0.490 e. The molecule has 3 aromatic carbocycles. The van der Waals surface area contributed by atoms with Gasteiger partial charge in [-0.15, -0.1) is 0 Å². The summed E-state index contributed by atoms with van der Waals surface area (Å²) < 4.78 is 17.5. The Hall–Kier alpha value is -3.74. The molecule has 0 saturated carbocycles. The average Bonchev–Trinajstić information content (AvgIpc) is 3.20. The summed E-state index contributed by atoms with van der Waals surface area (Å²) in [6.07, 6.45) is 0. The summed E-state index contributed by atoms with van der Waals surface area (Å²) in [5, 5.41) is 4.24. The van der Waals surface area contributed by atoms with Gasteiger partial charge in [0.05, 0.1) is 29.5 Å². The number of hydrogen-bond donors (Lipinski definition) is 1. The molecule has 1 heterocycles. The highest BCUT2D eigenvalue weighted by Crippen LogP contribution is 2.49. The smallest absolute Gasteiger partial charge is 0.336 e. The molecule has 200 valence electrons. The first-order valence-corrected chi connectivity index (χ1v) is 13.5. The zero-order valence-corrected chi connectivity index (χ0v) is 23.3. The van der Waals surface area contributed by atoms with Crippen LogP contribution in [0, 0.1) is 0 Å². The molecule has 0 spiro atoms. The number of carbonyl (C=O) groups is 2. The molecule has 2 aliphatic rings. The zero-order chi connectivity index (χ0) is 27.7. The highest BCUT2D eigenvalue weighted by molar-refractivity contribution is 6.32. The summed E-state index contributed by atoms with van der Waals surface area (Å²) in [5.74, 6) is -0.579. The van der Waals surface area contributed by atoms with E-state index in [0.29, 0.717) is 61.8 Å². The summed E-state index contributed by atoms with van der Waals surface area (Å²) in [6.45, 7) is 6.23. The second-order valence-corrected chi connectivity index (χ2v) is 10.0. The van der Waals surface area contributed by atoms with E-state index in [-0.39, 0.29) is 19.0 Å². The number of carbonyl (C=O) groups excluding carboxylic acids is 2. The lowest BCUT2D eigenvalue weighted by Gasteiger charge is -2.30. The van der Waals surface area contributed by atoms with E-state index >= 15 is 0 Å². The standard InChI is InChI=1S/C31H27Cl2NO5/c1-4-37-24-15-19(14-23(33)30(24)39-16-18-10-12-20(32)13-11-18)26-25(31(36)38-5-2)17(3)34-28-21-8-6-7-9-22(21)29(35)27(26)28/h6-15,26,34H,4-5,16H2,1-3H3/t26-/m1/s1. The molecule has 0 aromatic heterocycles. The third kappa shape index (κ3) is 5.02. The number of ether oxygens (including phenoxy) is 3. The monoisotopic (exact) mass is 563 g/mol. The fraction of sp³-hybridized carbons (Fsp3) is 0.226. The Morgan fingerprint density at radius 3 is 2.36 bits per heavy atom. The van der Waals surface area contributed by atoms with E-state index in [9.17, 15) is 9.59 Å². The van der Waals surface area contributed by atoms with Gasteiger partial charge in [-0.25, -0.2) is 4.79 Å². The molecule has 8 heteroatoms. The minimum absolute atomic E-state index is 0.149. The predicted molar refractivity (Wildman–Crippen MR) is 151 cm³/mol. The van der Waals surface area contributed by atoms with Crippen molar-refractivity contribution in [3.05, 3.63) is 110 Å². The van der Waals surface area contributed by atoms with Crippen molar-refractivity contribution >= 4 is 40.7 Å².